The lowest BCUT2D eigenvalue weighted by Gasteiger charge is -2.07. The van der Waals surface area contributed by atoms with Gasteiger partial charge in [-0.15, -0.1) is 0 Å². The zero-order valence-corrected chi connectivity index (χ0v) is 11.0. The number of hydrogen-bond donors (Lipinski definition) is 0. The minimum atomic E-state index is 0.201. The second-order valence-corrected chi connectivity index (χ2v) is 4.46. The Hall–Kier alpha value is -1.76. The molecule has 0 spiro atoms. The molecule has 1 aromatic heterocycles. The molecule has 0 aliphatic rings. The summed E-state index contributed by atoms with van der Waals surface area (Å²) in [6, 6.07) is 10.3. The van der Waals surface area contributed by atoms with Gasteiger partial charge in [0.25, 0.3) is 0 Å². The molecule has 0 N–H and O–H groups in total. The maximum Gasteiger partial charge on any atom is 0.222 e. The predicted octanol–water partition coefficient (Wildman–Crippen LogP) is 4.36. The minimum Gasteiger partial charge on any atom is -0.437 e. The lowest BCUT2D eigenvalue weighted by atomic mass is 10.2. The van der Waals surface area contributed by atoms with Crippen LogP contribution in [0.5, 0.6) is 11.6 Å². The standard InChI is InChI=1S/C13H8Cl2N2O/c1-8-2-3-11(10(14)4-8)18-13-6-9(7-16)5-12(15)17-13/h2-6H,1H3. The lowest BCUT2D eigenvalue weighted by molar-refractivity contribution is 0.463. The summed E-state index contributed by atoms with van der Waals surface area (Å²) in [4.78, 5) is 3.97. The maximum atomic E-state index is 8.83. The minimum absolute atomic E-state index is 0.201. The van der Waals surface area contributed by atoms with Gasteiger partial charge >= 0.3 is 0 Å². The van der Waals surface area contributed by atoms with Crippen LogP contribution >= 0.6 is 23.2 Å². The van der Waals surface area contributed by atoms with E-state index in [1.54, 1.807) is 12.1 Å². The predicted molar refractivity (Wildman–Crippen MR) is 70.2 cm³/mol. The third kappa shape index (κ3) is 2.92. The molecule has 0 aliphatic carbocycles. The smallest absolute Gasteiger partial charge is 0.222 e. The highest BCUT2D eigenvalue weighted by Crippen LogP contribution is 2.30. The fourth-order valence-corrected chi connectivity index (χ4v) is 1.87. The molecular formula is C13H8Cl2N2O. The van der Waals surface area contributed by atoms with Crippen LogP contribution in [0.15, 0.2) is 30.3 Å². The number of halogens is 2. The molecule has 3 nitrogen and oxygen atoms in total. The normalized spacial score (nSPS) is 9.89. The molecule has 5 heteroatoms. The van der Waals surface area contributed by atoms with E-state index in [1.807, 2.05) is 19.1 Å². The van der Waals surface area contributed by atoms with Gasteiger partial charge in [-0.05, 0) is 30.7 Å². The van der Waals surface area contributed by atoms with Gasteiger partial charge in [0.1, 0.15) is 10.9 Å². The van der Waals surface area contributed by atoms with Crippen LogP contribution in [0.25, 0.3) is 0 Å². The summed E-state index contributed by atoms with van der Waals surface area (Å²) < 4.78 is 5.51. The van der Waals surface area contributed by atoms with Crippen molar-refractivity contribution in [3.05, 3.63) is 51.6 Å². The Labute approximate surface area is 115 Å². The number of nitriles is 1. The van der Waals surface area contributed by atoms with Crippen LogP contribution < -0.4 is 4.74 Å². The molecule has 0 fully saturated rings. The number of nitrogens with zero attached hydrogens (tertiary/aromatic N) is 2. The van der Waals surface area contributed by atoms with Crippen LogP contribution in [-0.4, -0.2) is 4.98 Å². The Kier molecular flexibility index (Phi) is 3.71. The highest BCUT2D eigenvalue weighted by atomic mass is 35.5. The monoisotopic (exact) mass is 278 g/mol. The first-order chi connectivity index (χ1) is 8.58. The Balaban J connectivity index is 2.34. The Morgan fingerprint density at radius 2 is 2.00 bits per heavy atom. The van der Waals surface area contributed by atoms with Crippen molar-refractivity contribution in [2.45, 2.75) is 6.92 Å². The molecular weight excluding hydrogens is 271 g/mol. The number of pyridine rings is 1. The van der Waals surface area contributed by atoms with E-state index >= 15 is 0 Å². The maximum absolute atomic E-state index is 8.83. The summed E-state index contributed by atoms with van der Waals surface area (Å²) in [7, 11) is 0. The van der Waals surface area contributed by atoms with Crippen LogP contribution in [-0.2, 0) is 0 Å². The van der Waals surface area contributed by atoms with Crippen LogP contribution in [0.2, 0.25) is 10.2 Å². The van der Waals surface area contributed by atoms with Crippen molar-refractivity contribution in [2.75, 3.05) is 0 Å². The van der Waals surface area contributed by atoms with E-state index in [0.717, 1.165) is 5.56 Å². The quantitative estimate of drug-likeness (QED) is 0.767. The summed E-state index contributed by atoms with van der Waals surface area (Å²) >= 11 is 11.8. The van der Waals surface area contributed by atoms with Crippen LogP contribution in [0.4, 0.5) is 0 Å². The van der Waals surface area contributed by atoms with Gasteiger partial charge in [0.05, 0.1) is 16.7 Å². The number of ether oxygens (including phenoxy) is 1. The van der Waals surface area contributed by atoms with Gasteiger partial charge in [-0.25, -0.2) is 4.98 Å². The molecule has 0 aliphatic heterocycles. The van der Waals surface area contributed by atoms with Gasteiger partial charge in [-0.2, -0.15) is 5.26 Å². The number of benzene rings is 1. The molecule has 0 saturated carbocycles. The molecule has 0 atom stereocenters. The van der Waals surface area contributed by atoms with Crippen LogP contribution in [0.1, 0.15) is 11.1 Å². The fraction of sp³-hybridized carbons (Fsp3) is 0.0769. The molecule has 1 aromatic carbocycles. The average molecular weight is 279 g/mol. The molecule has 0 bridgehead atoms. The van der Waals surface area contributed by atoms with E-state index in [0.29, 0.717) is 16.3 Å². The first kappa shape index (κ1) is 12.7. The first-order valence-corrected chi connectivity index (χ1v) is 5.86. The Morgan fingerprint density at radius 3 is 2.67 bits per heavy atom. The second-order valence-electron chi connectivity index (χ2n) is 3.66. The SMILES string of the molecule is Cc1ccc(Oc2cc(C#N)cc(Cl)n2)c(Cl)c1. The topological polar surface area (TPSA) is 45.9 Å². The second kappa shape index (κ2) is 5.26. The van der Waals surface area contributed by atoms with E-state index in [2.05, 4.69) is 4.98 Å². The molecule has 2 aromatic rings. The van der Waals surface area contributed by atoms with Crippen molar-refractivity contribution in [3.63, 3.8) is 0 Å². The van der Waals surface area contributed by atoms with Gasteiger partial charge in [-0.1, -0.05) is 29.3 Å². The molecule has 0 amide bonds. The summed E-state index contributed by atoms with van der Waals surface area (Å²) in [6.07, 6.45) is 0. The molecule has 90 valence electrons. The van der Waals surface area contributed by atoms with Crippen molar-refractivity contribution in [1.82, 2.24) is 4.98 Å². The Morgan fingerprint density at radius 1 is 1.22 bits per heavy atom. The zero-order chi connectivity index (χ0) is 13.1. The lowest BCUT2D eigenvalue weighted by Crippen LogP contribution is -1.91. The van der Waals surface area contributed by atoms with Gasteiger partial charge in [-0.3, -0.25) is 0 Å². The summed E-state index contributed by atoms with van der Waals surface area (Å²) in [6.45, 7) is 1.93. The first-order valence-electron chi connectivity index (χ1n) is 5.10. The highest BCUT2D eigenvalue weighted by Gasteiger charge is 2.06. The van der Waals surface area contributed by atoms with E-state index in [9.17, 15) is 0 Å². The van der Waals surface area contributed by atoms with Crippen molar-refractivity contribution in [2.24, 2.45) is 0 Å². The fourth-order valence-electron chi connectivity index (χ4n) is 1.39. The zero-order valence-electron chi connectivity index (χ0n) is 9.45. The van der Waals surface area contributed by atoms with Crippen LogP contribution in [0.3, 0.4) is 0 Å². The third-order valence-corrected chi connectivity index (χ3v) is 2.69. The molecule has 0 radical (unpaired) electrons. The van der Waals surface area contributed by atoms with Crippen molar-refractivity contribution < 1.29 is 4.74 Å². The summed E-state index contributed by atoms with van der Waals surface area (Å²) in [5, 5.41) is 9.51. The molecule has 0 saturated heterocycles. The van der Waals surface area contributed by atoms with Gasteiger partial charge in [0.2, 0.25) is 5.88 Å². The average Bonchev–Trinajstić information content (AvgIpc) is 2.32. The molecule has 2 rings (SSSR count). The van der Waals surface area contributed by atoms with Gasteiger partial charge in [0, 0.05) is 6.07 Å². The highest BCUT2D eigenvalue weighted by molar-refractivity contribution is 6.32. The van der Waals surface area contributed by atoms with Crippen molar-refractivity contribution in [3.8, 4) is 17.7 Å². The Bertz CT molecular complexity index is 635. The van der Waals surface area contributed by atoms with Crippen molar-refractivity contribution in [1.29, 1.82) is 5.26 Å². The number of hydrogen-bond acceptors (Lipinski definition) is 3. The van der Waals surface area contributed by atoms with Crippen molar-refractivity contribution >= 4 is 23.2 Å². The largest absolute Gasteiger partial charge is 0.437 e. The molecule has 18 heavy (non-hydrogen) atoms. The van der Waals surface area contributed by atoms with E-state index in [1.165, 1.54) is 12.1 Å². The van der Waals surface area contributed by atoms with E-state index in [4.69, 9.17) is 33.2 Å². The number of rotatable bonds is 2. The molecule has 1 heterocycles. The van der Waals surface area contributed by atoms with Gasteiger partial charge < -0.3 is 4.74 Å². The number of aromatic nitrogens is 1. The van der Waals surface area contributed by atoms with E-state index < -0.39 is 0 Å². The molecule has 0 unspecified atom stereocenters. The third-order valence-electron chi connectivity index (χ3n) is 2.20. The van der Waals surface area contributed by atoms with Gasteiger partial charge in [0.15, 0.2) is 0 Å². The van der Waals surface area contributed by atoms with Crippen LogP contribution in [0, 0.1) is 18.3 Å². The summed E-state index contributed by atoms with van der Waals surface area (Å²) in [5.74, 6) is 0.714. The number of aryl methyl sites for hydroxylation is 1. The van der Waals surface area contributed by atoms with E-state index in [-0.39, 0.29) is 11.0 Å². The summed E-state index contributed by atoms with van der Waals surface area (Å²) in [5.41, 5.74) is 1.41.